The summed E-state index contributed by atoms with van der Waals surface area (Å²) in [6.45, 7) is 0.553. The standard InChI is InChI=1S/C15H16BrO3P/c16-13-20(17,18-11-14-7-3-1-4-8-14)19-12-15-9-5-2-6-10-15/h1-10H,11-13H2. The van der Waals surface area contributed by atoms with Crippen molar-refractivity contribution in [3.8, 4) is 0 Å². The highest BCUT2D eigenvalue weighted by atomic mass is 79.9. The van der Waals surface area contributed by atoms with Gasteiger partial charge in [-0.1, -0.05) is 76.6 Å². The van der Waals surface area contributed by atoms with Crippen molar-refractivity contribution >= 4 is 23.5 Å². The number of hydrogen-bond acceptors (Lipinski definition) is 3. The van der Waals surface area contributed by atoms with Crippen LogP contribution in [0.1, 0.15) is 11.1 Å². The van der Waals surface area contributed by atoms with Crippen molar-refractivity contribution in [1.29, 1.82) is 0 Å². The molecule has 5 heteroatoms. The molecule has 2 rings (SSSR count). The van der Waals surface area contributed by atoms with E-state index in [-0.39, 0.29) is 18.3 Å². The molecule has 0 amide bonds. The molecule has 0 unspecified atom stereocenters. The van der Waals surface area contributed by atoms with Crippen LogP contribution in [0.15, 0.2) is 60.7 Å². The maximum Gasteiger partial charge on any atom is 0.341 e. The molecule has 2 aromatic rings. The molecule has 0 saturated carbocycles. The summed E-state index contributed by atoms with van der Waals surface area (Å²) < 4.78 is 23.4. The fraction of sp³-hybridized carbons (Fsp3) is 0.200. The molecule has 0 spiro atoms. The lowest BCUT2D eigenvalue weighted by molar-refractivity contribution is 0.195. The second-order valence-electron chi connectivity index (χ2n) is 4.25. The molecule has 3 nitrogen and oxygen atoms in total. The van der Waals surface area contributed by atoms with Crippen LogP contribution < -0.4 is 0 Å². The number of halogens is 1. The van der Waals surface area contributed by atoms with Gasteiger partial charge in [0.25, 0.3) is 0 Å². The maximum atomic E-state index is 12.4. The van der Waals surface area contributed by atoms with E-state index in [0.29, 0.717) is 0 Å². The summed E-state index contributed by atoms with van der Waals surface area (Å²) in [6.07, 6.45) is 0. The van der Waals surface area contributed by atoms with Crippen LogP contribution in [0.25, 0.3) is 0 Å². The molecular formula is C15H16BrO3P. The van der Waals surface area contributed by atoms with Crippen molar-refractivity contribution < 1.29 is 13.6 Å². The zero-order valence-electron chi connectivity index (χ0n) is 10.9. The molecule has 0 fully saturated rings. The average Bonchev–Trinajstić information content (AvgIpc) is 2.53. The Morgan fingerprint density at radius 3 is 1.55 bits per heavy atom. The maximum absolute atomic E-state index is 12.4. The zero-order chi connectivity index (χ0) is 14.3. The highest BCUT2D eigenvalue weighted by molar-refractivity contribution is 9.10. The Kier molecular flexibility index (Phi) is 5.99. The van der Waals surface area contributed by atoms with Crippen LogP contribution in [0.4, 0.5) is 0 Å². The molecule has 0 atom stereocenters. The Morgan fingerprint density at radius 1 is 0.800 bits per heavy atom. The van der Waals surface area contributed by atoms with Crippen LogP contribution in [0, 0.1) is 0 Å². The second kappa shape index (κ2) is 7.75. The van der Waals surface area contributed by atoms with Gasteiger partial charge in [-0.05, 0) is 11.1 Å². The van der Waals surface area contributed by atoms with Gasteiger partial charge >= 0.3 is 7.60 Å². The summed E-state index contributed by atoms with van der Waals surface area (Å²) in [5, 5.41) is 0.180. The molecule has 0 bridgehead atoms. The summed E-state index contributed by atoms with van der Waals surface area (Å²) in [7, 11) is -3.11. The summed E-state index contributed by atoms with van der Waals surface area (Å²) in [5.41, 5.74) is 1.94. The van der Waals surface area contributed by atoms with E-state index >= 15 is 0 Å². The van der Waals surface area contributed by atoms with Crippen LogP contribution in [0.2, 0.25) is 0 Å². The number of hydrogen-bond donors (Lipinski definition) is 0. The fourth-order valence-electron chi connectivity index (χ4n) is 1.60. The van der Waals surface area contributed by atoms with Crippen LogP contribution in [-0.4, -0.2) is 5.07 Å². The molecule has 0 heterocycles. The van der Waals surface area contributed by atoms with E-state index in [9.17, 15) is 4.57 Å². The minimum absolute atomic E-state index is 0.180. The van der Waals surface area contributed by atoms with E-state index in [2.05, 4.69) is 15.9 Å². The first-order chi connectivity index (χ1) is 9.72. The Bertz CT molecular complexity index is 512. The SMILES string of the molecule is O=P(CBr)(OCc1ccccc1)OCc1ccccc1. The highest BCUT2D eigenvalue weighted by Crippen LogP contribution is 2.51. The van der Waals surface area contributed by atoms with Crippen molar-refractivity contribution in [2.24, 2.45) is 0 Å². The van der Waals surface area contributed by atoms with Gasteiger partial charge < -0.3 is 9.05 Å². The molecule has 0 aliphatic rings. The Labute approximate surface area is 127 Å². The van der Waals surface area contributed by atoms with Crippen LogP contribution in [0.3, 0.4) is 0 Å². The molecule has 0 aliphatic heterocycles. The second-order valence-corrected chi connectivity index (χ2v) is 7.73. The molecule has 0 saturated heterocycles. The smallest absolute Gasteiger partial charge is 0.303 e. The van der Waals surface area contributed by atoms with E-state index in [4.69, 9.17) is 9.05 Å². The third-order valence-corrected chi connectivity index (χ3v) is 5.87. The fourth-order valence-corrected chi connectivity index (χ4v) is 3.37. The van der Waals surface area contributed by atoms with Gasteiger partial charge in [0.15, 0.2) is 0 Å². The van der Waals surface area contributed by atoms with E-state index in [1.807, 2.05) is 60.7 Å². The van der Waals surface area contributed by atoms with Crippen molar-refractivity contribution in [1.82, 2.24) is 0 Å². The zero-order valence-corrected chi connectivity index (χ0v) is 13.4. The molecule has 2 aromatic carbocycles. The number of rotatable bonds is 7. The van der Waals surface area contributed by atoms with Crippen LogP contribution in [-0.2, 0) is 26.8 Å². The molecule has 106 valence electrons. The van der Waals surface area contributed by atoms with E-state index in [0.717, 1.165) is 11.1 Å². The lowest BCUT2D eigenvalue weighted by Crippen LogP contribution is -1.98. The monoisotopic (exact) mass is 354 g/mol. The molecule has 0 N–H and O–H groups in total. The summed E-state index contributed by atoms with van der Waals surface area (Å²) in [4.78, 5) is 0. The average molecular weight is 355 g/mol. The van der Waals surface area contributed by atoms with E-state index in [1.165, 1.54) is 0 Å². The van der Waals surface area contributed by atoms with Crippen molar-refractivity contribution in [2.45, 2.75) is 13.2 Å². The Hall–Kier alpha value is -0.930. The Morgan fingerprint density at radius 2 is 1.20 bits per heavy atom. The predicted molar refractivity (Wildman–Crippen MR) is 83.9 cm³/mol. The molecule has 0 radical (unpaired) electrons. The van der Waals surface area contributed by atoms with Crippen LogP contribution >= 0.6 is 23.5 Å². The molecule has 20 heavy (non-hydrogen) atoms. The Balaban J connectivity index is 1.90. The van der Waals surface area contributed by atoms with Crippen molar-refractivity contribution in [3.05, 3.63) is 71.8 Å². The lowest BCUT2D eigenvalue weighted by atomic mass is 10.2. The van der Waals surface area contributed by atoms with Gasteiger partial charge in [-0.3, -0.25) is 4.57 Å². The first kappa shape index (κ1) is 15.5. The van der Waals surface area contributed by atoms with Gasteiger partial charge in [0.05, 0.1) is 13.2 Å². The summed E-state index contributed by atoms with van der Waals surface area (Å²) >= 11 is 3.21. The van der Waals surface area contributed by atoms with Gasteiger partial charge in [0, 0.05) is 0 Å². The summed E-state index contributed by atoms with van der Waals surface area (Å²) in [5.74, 6) is 0. The molecule has 0 aromatic heterocycles. The van der Waals surface area contributed by atoms with E-state index in [1.54, 1.807) is 0 Å². The molecular weight excluding hydrogens is 339 g/mol. The number of benzene rings is 2. The molecule has 0 aliphatic carbocycles. The van der Waals surface area contributed by atoms with Gasteiger partial charge in [0.2, 0.25) is 0 Å². The van der Waals surface area contributed by atoms with Crippen molar-refractivity contribution in [3.63, 3.8) is 0 Å². The summed E-state index contributed by atoms with van der Waals surface area (Å²) in [6, 6.07) is 19.2. The van der Waals surface area contributed by atoms with Crippen molar-refractivity contribution in [2.75, 3.05) is 5.07 Å². The minimum atomic E-state index is -3.11. The van der Waals surface area contributed by atoms with Gasteiger partial charge in [-0.25, -0.2) is 0 Å². The quantitative estimate of drug-likeness (QED) is 0.520. The lowest BCUT2D eigenvalue weighted by Gasteiger charge is -2.16. The first-order valence-corrected chi connectivity index (χ1v) is 9.09. The van der Waals surface area contributed by atoms with Gasteiger partial charge in [-0.15, -0.1) is 0 Å². The first-order valence-electron chi connectivity index (χ1n) is 6.24. The van der Waals surface area contributed by atoms with E-state index < -0.39 is 7.60 Å². The van der Waals surface area contributed by atoms with Gasteiger partial charge in [-0.2, -0.15) is 0 Å². The predicted octanol–water partition coefficient (Wildman–Crippen LogP) is 4.97. The highest BCUT2D eigenvalue weighted by Gasteiger charge is 2.23. The van der Waals surface area contributed by atoms with Crippen LogP contribution in [0.5, 0.6) is 0 Å². The van der Waals surface area contributed by atoms with Gasteiger partial charge in [0.1, 0.15) is 5.07 Å². The third-order valence-electron chi connectivity index (χ3n) is 2.69. The normalized spacial score (nSPS) is 11.4. The number of alkyl halides is 1. The third kappa shape index (κ3) is 4.88. The largest absolute Gasteiger partial charge is 0.341 e. The topological polar surface area (TPSA) is 35.5 Å². The minimum Gasteiger partial charge on any atom is -0.303 e.